The fraction of sp³-hybridized carbons (Fsp3) is 0.296. The van der Waals surface area contributed by atoms with E-state index in [2.05, 4.69) is 15.0 Å². The zero-order valence-electron chi connectivity index (χ0n) is 21.2. The van der Waals surface area contributed by atoms with E-state index in [1.54, 1.807) is 54.7 Å². The van der Waals surface area contributed by atoms with Crippen molar-refractivity contribution in [2.24, 2.45) is 5.73 Å². The van der Waals surface area contributed by atoms with Crippen LogP contribution in [0.2, 0.25) is 10.0 Å². The number of anilines is 1. The van der Waals surface area contributed by atoms with Crippen LogP contribution in [0, 0.1) is 0 Å². The number of benzene rings is 2. The molecule has 1 fully saturated rings. The molecule has 12 heteroatoms. The van der Waals surface area contributed by atoms with E-state index in [4.69, 9.17) is 28.9 Å². The molecule has 0 radical (unpaired) electrons. The molecule has 1 aliphatic rings. The number of hydrogen-bond acceptors (Lipinski definition) is 7. The lowest BCUT2D eigenvalue weighted by Crippen LogP contribution is -2.49. The van der Waals surface area contributed by atoms with E-state index in [0.29, 0.717) is 35.1 Å². The van der Waals surface area contributed by atoms with Gasteiger partial charge in [0.25, 0.3) is 0 Å². The van der Waals surface area contributed by atoms with Crippen molar-refractivity contribution >= 4 is 50.9 Å². The Morgan fingerprint density at radius 1 is 1.08 bits per heavy atom. The van der Waals surface area contributed by atoms with Crippen LogP contribution in [0.25, 0.3) is 0 Å². The third-order valence-corrected chi connectivity index (χ3v) is 8.42. The number of hydrogen-bond donors (Lipinski definition) is 3. The number of imide groups is 1. The summed E-state index contributed by atoms with van der Waals surface area (Å²) in [5, 5.41) is 3.27. The van der Waals surface area contributed by atoms with Crippen molar-refractivity contribution in [3.8, 4) is 0 Å². The molecule has 9 nitrogen and oxygen atoms in total. The average Bonchev–Trinajstić information content (AvgIpc) is 3.30. The first-order valence-electron chi connectivity index (χ1n) is 12.3. The Labute approximate surface area is 237 Å². The minimum Gasteiger partial charge on any atom is -0.320 e. The summed E-state index contributed by atoms with van der Waals surface area (Å²) < 4.78 is 27.6. The van der Waals surface area contributed by atoms with Crippen LogP contribution >= 0.6 is 23.2 Å². The van der Waals surface area contributed by atoms with Gasteiger partial charge in [0.2, 0.25) is 21.8 Å². The van der Waals surface area contributed by atoms with E-state index in [-0.39, 0.29) is 17.5 Å². The lowest BCUT2D eigenvalue weighted by molar-refractivity contribution is -0.133. The first-order valence-corrected chi connectivity index (χ1v) is 14.7. The number of likely N-dealkylation sites (tertiary alicyclic amines) is 1. The molecule has 0 saturated carbocycles. The van der Waals surface area contributed by atoms with Gasteiger partial charge in [-0.1, -0.05) is 65.7 Å². The highest BCUT2D eigenvalue weighted by atomic mass is 35.5. The summed E-state index contributed by atoms with van der Waals surface area (Å²) in [6.45, 7) is 2.38. The van der Waals surface area contributed by atoms with E-state index in [1.165, 1.54) is 6.92 Å². The number of nitrogens with one attached hydrogen (secondary N) is 2. The maximum Gasteiger partial charge on any atom is 0.243 e. The van der Waals surface area contributed by atoms with Crippen LogP contribution in [-0.2, 0) is 31.9 Å². The van der Waals surface area contributed by atoms with Crippen molar-refractivity contribution in [2.75, 3.05) is 11.3 Å². The number of nitrogens with two attached hydrogens (primary N) is 1. The quantitative estimate of drug-likeness (QED) is 0.346. The van der Waals surface area contributed by atoms with Crippen LogP contribution in [0.1, 0.15) is 36.0 Å². The minimum absolute atomic E-state index is 0.0297. The van der Waals surface area contributed by atoms with Crippen molar-refractivity contribution in [3.63, 3.8) is 0 Å². The molecule has 0 bridgehead atoms. The Morgan fingerprint density at radius 3 is 2.46 bits per heavy atom. The fourth-order valence-corrected chi connectivity index (χ4v) is 5.93. The van der Waals surface area contributed by atoms with Crippen molar-refractivity contribution in [1.29, 1.82) is 0 Å². The normalized spacial score (nSPS) is 18.5. The van der Waals surface area contributed by atoms with Gasteiger partial charge in [-0.3, -0.25) is 24.5 Å². The minimum atomic E-state index is -3.64. The number of carbonyl (C=O) groups is 2. The number of carbonyl (C=O) groups excluding carboxylic acids is 2. The number of rotatable bonds is 9. The standard InChI is InChI=1S/C27H29Cl2N5O4S/c1-17(30)26(35)32-27(36)24-12-21(20-8-9-22(28)23(29)11-20)15-34(24)14-19-7-10-25(31-13-19)33-39(37,38)16-18-5-3-2-4-6-18/h2-11,13,17,21,24H,12,14-16,30H2,1H3,(H,31,33)(H,32,35,36)/t17-,21?,24-/m0/s1. The molecule has 3 aromatic rings. The second kappa shape index (κ2) is 12.4. The molecule has 4 N–H and O–H groups in total. The number of pyridine rings is 1. The Morgan fingerprint density at radius 2 is 1.82 bits per heavy atom. The van der Waals surface area contributed by atoms with Crippen LogP contribution in [-0.4, -0.2) is 48.7 Å². The average molecular weight is 591 g/mol. The number of aromatic nitrogens is 1. The summed E-state index contributed by atoms with van der Waals surface area (Å²) in [6.07, 6.45) is 2.02. The van der Waals surface area contributed by atoms with Gasteiger partial charge in [-0.15, -0.1) is 0 Å². The zero-order valence-corrected chi connectivity index (χ0v) is 23.5. The second-order valence-corrected chi connectivity index (χ2v) is 12.1. The molecular formula is C27H29Cl2N5O4S. The van der Waals surface area contributed by atoms with Gasteiger partial charge in [0.15, 0.2) is 0 Å². The van der Waals surface area contributed by atoms with E-state index in [1.807, 2.05) is 17.0 Å². The third-order valence-electron chi connectivity index (χ3n) is 6.45. The summed E-state index contributed by atoms with van der Waals surface area (Å²) in [5.41, 5.74) is 8.00. The summed E-state index contributed by atoms with van der Waals surface area (Å²) in [4.78, 5) is 31.4. The lowest BCUT2D eigenvalue weighted by atomic mass is 9.96. The van der Waals surface area contributed by atoms with Gasteiger partial charge in [-0.05, 0) is 54.2 Å². The summed E-state index contributed by atoms with van der Waals surface area (Å²) in [7, 11) is -3.64. The molecule has 1 aliphatic heterocycles. The first kappa shape index (κ1) is 29.0. The monoisotopic (exact) mass is 589 g/mol. The van der Waals surface area contributed by atoms with Crippen LogP contribution in [0.3, 0.4) is 0 Å². The lowest BCUT2D eigenvalue weighted by Gasteiger charge is -2.23. The van der Waals surface area contributed by atoms with E-state index in [9.17, 15) is 18.0 Å². The molecule has 2 aromatic carbocycles. The van der Waals surface area contributed by atoms with Gasteiger partial charge in [0.1, 0.15) is 5.82 Å². The maximum atomic E-state index is 13.1. The predicted molar refractivity (Wildman–Crippen MR) is 152 cm³/mol. The van der Waals surface area contributed by atoms with Gasteiger partial charge in [-0.2, -0.15) is 0 Å². The third kappa shape index (κ3) is 7.77. The molecule has 1 unspecified atom stereocenters. The van der Waals surface area contributed by atoms with Crippen LogP contribution in [0.4, 0.5) is 5.82 Å². The molecule has 2 heterocycles. The molecule has 1 aromatic heterocycles. The van der Waals surface area contributed by atoms with Crippen LogP contribution < -0.4 is 15.8 Å². The molecule has 206 valence electrons. The number of halogens is 2. The van der Waals surface area contributed by atoms with Crippen molar-refractivity contribution < 1.29 is 18.0 Å². The predicted octanol–water partition coefficient (Wildman–Crippen LogP) is 3.68. The second-order valence-electron chi connectivity index (χ2n) is 9.59. The molecule has 1 saturated heterocycles. The van der Waals surface area contributed by atoms with Crippen LogP contribution in [0.5, 0.6) is 0 Å². The van der Waals surface area contributed by atoms with Gasteiger partial charge >= 0.3 is 0 Å². The van der Waals surface area contributed by atoms with Crippen molar-refractivity contribution in [1.82, 2.24) is 15.2 Å². The largest absolute Gasteiger partial charge is 0.320 e. The fourth-order valence-electron chi connectivity index (χ4n) is 4.48. The molecule has 3 atom stereocenters. The molecular weight excluding hydrogens is 561 g/mol. The number of nitrogens with zero attached hydrogens (tertiary/aromatic N) is 2. The van der Waals surface area contributed by atoms with E-state index >= 15 is 0 Å². The molecule has 2 amide bonds. The topological polar surface area (TPSA) is 134 Å². The van der Waals surface area contributed by atoms with Crippen molar-refractivity contribution in [2.45, 2.75) is 43.6 Å². The number of amides is 2. The maximum absolute atomic E-state index is 13.1. The molecule has 0 spiro atoms. The number of sulfonamides is 1. The van der Waals surface area contributed by atoms with Crippen molar-refractivity contribution in [3.05, 3.63) is 93.6 Å². The highest BCUT2D eigenvalue weighted by Crippen LogP contribution is 2.35. The zero-order chi connectivity index (χ0) is 28.2. The summed E-state index contributed by atoms with van der Waals surface area (Å²) >= 11 is 12.3. The van der Waals surface area contributed by atoms with Gasteiger partial charge in [0, 0.05) is 19.3 Å². The Balaban J connectivity index is 1.48. The van der Waals surface area contributed by atoms with Crippen LogP contribution in [0.15, 0.2) is 66.9 Å². The molecule has 0 aliphatic carbocycles. The van der Waals surface area contributed by atoms with Gasteiger partial charge < -0.3 is 5.73 Å². The Bertz CT molecular complexity index is 1440. The van der Waals surface area contributed by atoms with E-state index in [0.717, 1.165) is 11.1 Å². The summed E-state index contributed by atoms with van der Waals surface area (Å²) in [5.74, 6) is -0.984. The smallest absolute Gasteiger partial charge is 0.243 e. The van der Waals surface area contributed by atoms with Gasteiger partial charge in [-0.25, -0.2) is 13.4 Å². The SMILES string of the molecule is C[C@H](N)C(=O)NC(=O)[C@@H]1CC(c2ccc(Cl)c(Cl)c2)CN1Cc1ccc(NS(=O)(=O)Cc2ccccc2)nc1. The van der Waals surface area contributed by atoms with E-state index < -0.39 is 33.9 Å². The Kier molecular flexibility index (Phi) is 9.24. The van der Waals surface area contributed by atoms with Gasteiger partial charge in [0.05, 0.1) is 27.9 Å². The molecule has 4 rings (SSSR count). The highest BCUT2D eigenvalue weighted by molar-refractivity contribution is 7.91. The Hall–Kier alpha value is -3.02. The first-order chi connectivity index (χ1) is 18.5. The molecule has 39 heavy (non-hydrogen) atoms. The summed E-state index contributed by atoms with van der Waals surface area (Å²) in [6, 6.07) is 16.2. The highest BCUT2D eigenvalue weighted by Gasteiger charge is 2.38.